The van der Waals surface area contributed by atoms with E-state index >= 15 is 0 Å². The van der Waals surface area contributed by atoms with Crippen LogP contribution in [0.15, 0.2) is 24.5 Å². The van der Waals surface area contributed by atoms with Gasteiger partial charge in [0.15, 0.2) is 0 Å². The van der Waals surface area contributed by atoms with Gasteiger partial charge in [-0.3, -0.25) is 15.0 Å². The van der Waals surface area contributed by atoms with Gasteiger partial charge in [-0.15, -0.1) is 11.6 Å². The second-order valence-corrected chi connectivity index (χ2v) is 6.44. The number of imide groups is 1. The van der Waals surface area contributed by atoms with Crippen LogP contribution in [0, 0.1) is 5.92 Å². The van der Waals surface area contributed by atoms with Gasteiger partial charge in [0, 0.05) is 5.38 Å². The van der Waals surface area contributed by atoms with Crippen LogP contribution in [0.3, 0.4) is 0 Å². The lowest BCUT2D eigenvalue weighted by Gasteiger charge is -2.43. The number of nitrogens with zero attached hydrogens (tertiary/aromatic N) is 2. The number of hydrogen-bond acceptors (Lipinski definition) is 3. The van der Waals surface area contributed by atoms with E-state index in [1.54, 1.807) is 11.2 Å². The molecule has 1 aromatic carbocycles. The van der Waals surface area contributed by atoms with Crippen molar-refractivity contribution in [3.05, 3.63) is 24.5 Å². The number of aromatic amines is 1. The zero-order valence-corrected chi connectivity index (χ0v) is 12.5. The number of urea groups is 1. The minimum atomic E-state index is -0.396. The SMILES string of the molecule is O=C1NC(=O)N(c2cccc3[nH]cnc23)C2CC(Cl)CCC12. The van der Waals surface area contributed by atoms with Crippen LogP contribution in [0.1, 0.15) is 19.3 Å². The molecule has 3 atom stereocenters. The van der Waals surface area contributed by atoms with E-state index in [9.17, 15) is 9.59 Å². The van der Waals surface area contributed by atoms with E-state index in [-0.39, 0.29) is 23.2 Å². The maximum atomic E-state index is 12.4. The molecule has 2 fully saturated rings. The summed E-state index contributed by atoms with van der Waals surface area (Å²) in [5.41, 5.74) is 2.30. The molecule has 0 spiro atoms. The highest BCUT2D eigenvalue weighted by atomic mass is 35.5. The van der Waals surface area contributed by atoms with Crippen molar-refractivity contribution >= 4 is 40.3 Å². The molecular weight excluding hydrogens is 304 g/mol. The van der Waals surface area contributed by atoms with Crippen LogP contribution in [-0.4, -0.2) is 33.3 Å². The Morgan fingerprint density at radius 1 is 1.27 bits per heavy atom. The first-order chi connectivity index (χ1) is 10.6. The molecule has 4 rings (SSSR count). The number of anilines is 1. The number of benzene rings is 1. The molecular formula is C15H15ClN4O2. The van der Waals surface area contributed by atoms with Crippen molar-refractivity contribution in [3.63, 3.8) is 0 Å². The number of hydrogen-bond donors (Lipinski definition) is 2. The van der Waals surface area contributed by atoms with Crippen LogP contribution in [0.5, 0.6) is 0 Å². The summed E-state index contributed by atoms with van der Waals surface area (Å²) < 4.78 is 0. The molecule has 114 valence electrons. The highest BCUT2D eigenvalue weighted by Gasteiger charge is 2.45. The minimum Gasteiger partial charge on any atom is -0.345 e. The fourth-order valence-corrected chi connectivity index (χ4v) is 3.84. The minimum absolute atomic E-state index is 0.0131. The van der Waals surface area contributed by atoms with Crippen LogP contribution in [0.2, 0.25) is 0 Å². The Hall–Kier alpha value is -2.08. The summed E-state index contributed by atoms with van der Waals surface area (Å²) in [7, 11) is 0. The molecule has 1 aliphatic carbocycles. The summed E-state index contributed by atoms with van der Waals surface area (Å²) in [5.74, 6) is -0.397. The summed E-state index contributed by atoms with van der Waals surface area (Å²) in [4.78, 5) is 33.6. The Morgan fingerprint density at radius 3 is 3.00 bits per heavy atom. The first kappa shape index (κ1) is 13.6. The molecule has 3 unspecified atom stereocenters. The molecule has 3 amide bonds. The first-order valence-electron chi connectivity index (χ1n) is 7.35. The first-order valence-corrected chi connectivity index (χ1v) is 7.79. The molecule has 0 radical (unpaired) electrons. The smallest absolute Gasteiger partial charge is 0.328 e. The van der Waals surface area contributed by atoms with Crippen molar-refractivity contribution < 1.29 is 9.59 Å². The van der Waals surface area contributed by atoms with Crippen LogP contribution in [-0.2, 0) is 4.79 Å². The quantitative estimate of drug-likeness (QED) is 0.792. The number of H-pyrrole nitrogens is 1. The molecule has 1 saturated heterocycles. The molecule has 6 nitrogen and oxygen atoms in total. The van der Waals surface area contributed by atoms with Crippen LogP contribution < -0.4 is 10.2 Å². The average molecular weight is 319 g/mol. The van der Waals surface area contributed by atoms with Crippen molar-refractivity contribution in [1.82, 2.24) is 15.3 Å². The van der Waals surface area contributed by atoms with Crippen LogP contribution in [0.4, 0.5) is 10.5 Å². The van der Waals surface area contributed by atoms with E-state index in [0.717, 1.165) is 17.5 Å². The Bertz CT molecular complexity index is 759. The molecule has 22 heavy (non-hydrogen) atoms. The third kappa shape index (κ3) is 1.98. The number of halogens is 1. The van der Waals surface area contributed by atoms with Crippen molar-refractivity contribution in [2.45, 2.75) is 30.7 Å². The fourth-order valence-electron chi connectivity index (χ4n) is 3.53. The number of fused-ring (bicyclic) bond motifs is 2. The van der Waals surface area contributed by atoms with Gasteiger partial charge in [-0.2, -0.15) is 0 Å². The molecule has 2 aromatic rings. The number of aromatic nitrogens is 2. The van der Waals surface area contributed by atoms with E-state index in [2.05, 4.69) is 15.3 Å². The second kappa shape index (κ2) is 4.98. The lowest BCUT2D eigenvalue weighted by Crippen LogP contribution is -2.62. The summed E-state index contributed by atoms with van der Waals surface area (Å²) in [6, 6.07) is 5.03. The van der Waals surface area contributed by atoms with Crippen molar-refractivity contribution in [1.29, 1.82) is 0 Å². The van der Waals surface area contributed by atoms with Gasteiger partial charge in [-0.1, -0.05) is 6.07 Å². The standard InChI is InChI=1S/C15H15ClN4O2/c16-8-4-5-9-12(6-8)20(15(22)19-14(9)21)11-3-1-2-10-13(11)18-7-17-10/h1-3,7-9,12H,4-6H2,(H,17,18)(H,19,21,22). The van der Waals surface area contributed by atoms with Gasteiger partial charge in [0.25, 0.3) is 0 Å². The molecule has 2 aliphatic rings. The number of rotatable bonds is 1. The van der Waals surface area contributed by atoms with Crippen LogP contribution >= 0.6 is 11.6 Å². The highest BCUT2D eigenvalue weighted by molar-refractivity contribution is 6.21. The highest BCUT2D eigenvalue weighted by Crippen LogP contribution is 2.38. The third-order valence-electron chi connectivity index (χ3n) is 4.56. The Morgan fingerprint density at radius 2 is 2.14 bits per heavy atom. The number of nitrogens with one attached hydrogen (secondary N) is 2. The maximum Gasteiger partial charge on any atom is 0.328 e. The lowest BCUT2D eigenvalue weighted by atomic mass is 9.81. The Balaban J connectivity index is 1.82. The van der Waals surface area contributed by atoms with Gasteiger partial charge in [0.1, 0.15) is 5.52 Å². The molecule has 1 aliphatic heterocycles. The topological polar surface area (TPSA) is 78.1 Å². The molecule has 1 saturated carbocycles. The van der Waals surface area contributed by atoms with Gasteiger partial charge in [0.2, 0.25) is 5.91 Å². The molecule has 2 heterocycles. The Labute approximate surface area is 131 Å². The summed E-state index contributed by atoms with van der Waals surface area (Å²) in [6.45, 7) is 0. The predicted molar refractivity (Wildman–Crippen MR) is 82.9 cm³/mol. The number of para-hydroxylation sites is 1. The van der Waals surface area contributed by atoms with E-state index in [1.165, 1.54) is 0 Å². The van der Waals surface area contributed by atoms with Gasteiger partial charge in [-0.25, -0.2) is 9.78 Å². The monoisotopic (exact) mass is 318 g/mol. The summed E-state index contributed by atoms with van der Waals surface area (Å²) in [5, 5.41) is 2.45. The zero-order valence-electron chi connectivity index (χ0n) is 11.8. The number of imidazole rings is 1. The number of carbonyl (C=O) groups is 2. The van der Waals surface area contributed by atoms with Gasteiger partial charge < -0.3 is 4.98 Å². The molecule has 2 N–H and O–H groups in total. The summed E-state index contributed by atoms with van der Waals surface area (Å²) >= 11 is 6.29. The van der Waals surface area contributed by atoms with Gasteiger partial charge >= 0.3 is 6.03 Å². The molecule has 7 heteroatoms. The van der Waals surface area contributed by atoms with Gasteiger partial charge in [0.05, 0.1) is 29.5 Å². The summed E-state index contributed by atoms with van der Waals surface area (Å²) in [6.07, 6.45) is 3.71. The molecule has 1 aromatic heterocycles. The van der Waals surface area contributed by atoms with E-state index in [4.69, 9.17) is 11.6 Å². The lowest BCUT2D eigenvalue weighted by molar-refractivity contribution is -0.126. The van der Waals surface area contributed by atoms with Crippen molar-refractivity contribution in [2.24, 2.45) is 5.92 Å². The number of amides is 3. The fraction of sp³-hybridized carbons (Fsp3) is 0.400. The van der Waals surface area contributed by atoms with Crippen molar-refractivity contribution in [2.75, 3.05) is 4.90 Å². The second-order valence-electron chi connectivity index (χ2n) is 5.82. The number of alkyl halides is 1. The molecule has 0 bridgehead atoms. The number of carbonyl (C=O) groups excluding carboxylic acids is 2. The largest absolute Gasteiger partial charge is 0.345 e. The zero-order chi connectivity index (χ0) is 15.3. The normalized spacial score (nSPS) is 28.6. The third-order valence-corrected chi connectivity index (χ3v) is 4.95. The van der Waals surface area contributed by atoms with Gasteiger partial charge in [-0.05, 0) is 31.4 Å². The van der Waals surface area contributed by atoms with Crippen molar-refractivity contribution in [3.8, 4) is 0 Å². The Kier molecular flexibility index (Phi) is 3.07. The van der Waals surface area contributed by atoms with E-state index in [1.807, 2.05) is 18.2 Å². The van der Waals surface area contributed by atoms with E-state index in [0.29, 0.717) is 18.5 Å². The van der Waals surface area contributed by atoms with E-state index < -0.39 is 6.03 Å². The predicted octanol–water partition coefficient (Wildman–Crippen LogP) is 2.40. The average Bonchev–Trinajstić information content (AvgIpc) is 2.96. The maximum absolute atomic E-state index is 12.4. The van der Waals surface area contributed by atoms with Crippen LogP contribution in [0.25, 0.3) is 11.0 Å².